The third-order valence-corrected chi connectivity index (χ3v) is 2.11. The molecule has 1 aromatic rings. The molecule has 0 aliphatic heterocycles. The summed E-state index contributed by atoms with van der Waals surface area (Å²) in [7, 11) is 0. The van der Waals surface area contributed by atoms with Gasteiger partial charge in [0.25, 0.3) is 6.47 Å². The minimum Gasteiger partial charge on any atom is -0.483 e. The zero-order valence-electron chi connectivity index (χ0n) is 9.97. The van der Waals surface area contributed by atoms with Gasteiger partial charge in [-0.15, -0.1) is 0 Å². The Kier molecular flexibility index (Phi) is 10.4. The minimum atomic E-state index is -0.250. The molecule has 86 valence electrons. The molecule has 1 rings (SSSR count). The van der Waals surface area contributed by atoms with Crippen molar-refractivity contribution in [2.45, 2.75) is 34.6 Å². The Balaban J connectivity index is 0. The van der Waals surface area contributed by atoms with Crippen LogP contribution in [0.1, 0.15) is 30.5 Å². The van der Waals surface area contributed by atoms with Crippen molar-refractivity contribution in [1.29, 1.82) is 0 Å². The Morgan fingerprint density at radius 2 is 1.40 bits per heavy atom. The SMILES string of the molecule is CC.Cc1cc(Cl)cc(C)c1C.O=CO. The van der Waals surface area contributed by atoms with Crippen LogP contribution in [0.15, 0.2) is 12.1 Å². The summed E-state index contributed by atoms with van der Waals surface area (Å²) in [4.78, 5) is 8.36. The molecule has 0 aliphatic carbocycles. The van der Waals surface area contributed by atoms with E-state index in [2.05, 4.69) is 20.8 Å². The van der Waals surface area contributed by atoms with Crippen LogP contribution in [0.2, 0.25) is 5.02 Å². The van der Waals surface area contributed by atoms with Crippen LogP contribution < -0.4 is 0 Å². The molecule has 0 amide bonds. The fraction of sp³-hybridized carbons (Fsp3) is 0.417. The van der Waals surface area contributed by atoms with E-state index in [0.717, 1.165) is 5.02 Å². The van der Waals surface area contributed by atoms with Crippen LogP contribution in [-0.4, -0.2) is 11.6 Å². The van der Waals surface area contributed by atoms with Crippen molar-refractivity contribution in [3.05, 3.63) is 33.8 Å². The van der Waals surface area contributed by atoms with Crippen LogP contribution in [0.4, 0.5) is 0 Å². The molecule has 0 fully saturated rings. The summed E-state index contributed by atoms with van der Waals surface area (Å²) in [5.41, 5.74) is 3.87. The highest BCUT2D eigenvalue weighted by atomic mass is 35.5. The second kappa shape index (κ2) is 9.53. The Morgan fingerprint density at radius 3 is 1.67 bits per heavy atom. The Hall–Kier alpha value is -1.02. The van der Waals surface area contributed by atoms with Crippen molar-refractivity contribution in [3.63, 3.8) is 0 Å². The summed E-state index contributed by atoms with van der Waals surface area (Å²) in [6.07, 6.45) is 0. The molecule has 0 spiro atoms. The summed E-state index contributed by atoms with van der Waals surface area (Å²) in [6, 6.07) is 3.98. The van der Waals surface area contributed by atoms with Crippen molar-refractivity contribution >= 4 is 18.1 Å². The molecular weight excluding hydrogens is 212 g/mol. The largest absolute Gasteiger partial charge is 0.483 e. The second-order valence-corrected chi connectivity index (χ2v) is 3.21. The highest BCUT2D eigenvalue weighted by molar-refractivity contribution is 6.30. The summed E-state index contributed by atoms with van der Waals surface area (Å²) in [6.45, 7) is 10.0. The van der Waals surface area contributed by atoms with Crippen LogP contribution in [0.25, 0.3) is 0 Å². The Labute approximate surface area is 96.9 Å². The van der Waals surface area contributed by atoms with Gasteiger partial charge in [0.2, 0.25) is 0 Å². The van der Waals surface area contributed by atoms with Gasteiger partial charge in [-0.2, -0.15) is 0 Å². The fourth-order valence-corrected chi connectivity index (χ4v) is 1.31. The number of halogens is 1. The average Bonchev–Trinajstić information content (AvgIpc) is 2.18. The first-order chi connectivity index (χ1) is 7.02. The maximum atomic E-state index is 8.36. The van der Waals surface area contributed by atoms with Gasteiger partial charge < -0.3 is 5.11 Å². The molecule has 0 aliphatic rings. The van der Waals surface area contributed by atoms with Gasteiger partial charge >= 0.3 is 0 Å². The Bertz CT molecular complexity index is 273. The summed E-state index contributed by atoms with van der Waals surface area (Å²) in [5.74, 6) is 0. The van der Waals surface area contributed by atoms with Gasteiger partial charge in [-0.05, 0) is 49.6 Å². The van der Waals surface area contributed by atoms with Crippen LogP contribution in [0.5, 0.6) is 0 Å². The maximum Gasteiger partial charge on any atom is 0.290 e. The molecular formula is C12H19ClO2. The number of hydrogen-bond donors (Lipinski definition) is 1. The molecule has 0 atom stereocenters. The number of rotatable bonds is 0. The molecule has 0 bridgehead atoms. The summed E-state index contributed by atoms with van der Waals surface area (Å²) in [5, 5.41) is 7.72. The van der Waals surface area contributed by atoms with Crippen LogP contribution in [-0.2, 0) is 4.79 Å². The van der Waals surface area contributed by atoms with E-state index in [0.29, 0.717) is 0 Å². The van der Waals surface area contributed by atoms with Crippen molar-refractivity contribution in [2.75, 3.05) is 0 Å². The topological polar surface area (TPSA) is 37.3 Å². The molecule has 15 heavy (non-hydrogen) atoms. The molecule has 1 N–H and O–H groups in total. The molecule has 1 aromatic carbocycles. The number of carbonyl (C=O) groups is 1. The predicted molar refractivity (Wildman–Crippen MR) is 65.7 cm³/mol. The maximum absolute atomic E-state index is 8.36. The molecule has 3 heteroatoms. The highest BCUT2D eigenvalue weighted by Gasteiger charge is 1.97. The van der Waals surface area contributed by atoms with Gasteiger partial charge in [0.15, 0.2) is 0 Å². The van der Waals surface area contributed by atoms with E-state index >= 15 is 0 Å². The first-order valence-corrected chi connectivity index (χ1v) is 5.22. The number of hydrogen-bond acceptors (Lipinski definition) is 1. The molecule has 0 saturated carbocycles. The molecule has 0 aromatic heterocycles. The third-order valence-electron chi connectivity index (χ3n) is 1.89. The van der Waals surface area contributed by atoms with Crippen molar-refractivity contribution in [2.24, 2.45) is 0 Å². The zero-order valence-corrected chi connectivity index (χ0v) is 10.7. The monoisotopic (exact) mass is 230 g/mol. The lowest BCUT2D eigenvalue weighted by Gasteiger charge is -2.03. The Morgan fingerprint density at radius 1 is 1.13 bits per heavy atom. The molecule has 0 heterocycles. The van der Waals surface area contributed by atoms with Crippen LogP contribution in [0.3, 0.4) is 0 Å². The third kappa shape index (κ3) is 6.97. The predicted octanol–water partition coefficient (Wildman–Crippen LogP) is 3.99. The van der Waals surface area contributed by atoms with Gasteiger partial charge in [0.05, 0.1) is 0 Å². The van der Waals surface area contributed by atoms with E-state index in [1.807, 2.05) is 26.0 Å². The van der Waals surface area contributed by atoms with Gasteiger partial charge in [-0.1, -0.05) is 25.4 Å². The van der Waals surface area contributed by atoms with Gasteiger partial charge in [-0.3, -0.25) is 4.79 Å². The number of carboxylic acid groups (broad SMARTS) is 1. The minimum absolute atomic E-state index is 0.250. The van der Waals surface area contributed by atoms with Gasteiger partial charge in [0, 0.05) is 5.02 Å². The quantitative estimate of drug-likeness (QED) is 0.685. The summed E-state index contributed by atoms with van der Waals surface area (Å²) < 4.78 is 0. The fourth-order valence-electron chi connectivity index (χ4n) is 0.983. The van der Waals surface area contributed by atoms with Gasteiger partial charge in [0.1, 0.15) is 0 Å². The van der Waals surface area contributed by atoms with E-state index in [1.54, 1.807) is 0 Å². The highest BCUT2D eigenvalue weighted by Crippen LogP contribution is 2.18. The number of benzene rings is 1. The zero-order chi connectivity index (χ0) is 12.4. The second-order valence-electron chi connectivity index (χ2n) is 2.77. The van der Waals surface area contributed by atoms with Crippen LogP contribution in [0, 0.1) is 20.8 Å². The molecule has 0 radical (unpaired) electrons. The van der Waals surface area contributed by atoms with E-state index < -0.39 is 0 Å². The first kappa shape index (κ1) is 16.4. The smallest absolute Gasteiger partial charge is 0.290 e. The van der Waals surface area contributed by atoms with Gasteiger partial charge in [-0.25, -0.2) is 0 Å². The first-order valence-electron chi connectivity index (χ1n) is 4.84. The van der Waals surface area contributed by atoms with Crippen molar-refractivity contribution < 1.29 is 9.90 Å². The number of aryl methyl sites for hydroxylation is 2. The molecule has 2 nitrogen and oxygen atoms in total. The lowest BCUT2D eigenvalue weighted by molar-refractivity contribution is -0.122. The van der Waals surface area contributed by atoms with E-state index in [-0.39, 0.29) is 6.47 Å². The van der Waals surface area contributed by atoms with Crippen molar-refractivity contribution in [3.8, 4) is 0 Å². The van der Waals surface area contributed by atoms with Crippen LogP contribution >= 0.6 is 11.6 Å². The lowest BCUT2D eigenvalue weighted by Crippen LogP contribution is -1.84. The standard InChI is InChI=1S/C9H11Cl.C2H6.CH2O2/c1-6-4-9(10)5-7(2)8(6)3;1-2;2-1-3/h4-5H,1-3H3;1-2H3;1H,(H,2,3). The van der Waals surface area contributed by atoms with Crippen molar-refractivity contribution in [1.82, 2.24) is 0 Å². The average molecular weight is 231 g/mol. The van der Waals surface area contributed by atoms with E-state index in [4.69, 9.17) is 21.5 Å². The molecule has 0 unspecified atom stereocenters. The van der Waals surface area contributed by atoms with E-state index in [1.165, 1.54) is 16.7 Å². The normalized spacial score (nSPS) is 7.87. The summed E-state index contributed by atoms with van der Waals surface area (Å²) >= 11 is 5.82. The van der Waals surface area contributed by atoms with E-state index in [9.17, 15) is 0 Å². The molecule has 0 saturated heterocycles. The lowest BCUT2D eigenvalue weighted by atomic mass is 10.1.